The van der Waals surface area contributed by atoms with Gasteiger partial charge in [0.05, 0.1) is 11.0 Å². The third-order valence-electron chi connectivity index (χ3n) is 13.5. The van der Waals surface area contributed by atoms with Gasteiger partial charge in [0.25, 0.3) is 0 Å². The van der Waals surface area contributed by atoms with E-state index < -0.39 is 8.07 Å². The summed E-state index contributed by atoms with van der Waals surface area (Å²) >= 11 is 0. The van der Waals surface area contributed by atoms with E-state index in [-0.39, 0.29) is 0 Å². The lowest BCUT2D eigenvalue weighted by molar-refractivity contribution is 0.669. The number of fused-ring (bicyclic) bond motifs is 12. The summed E-state index contributed by atoms with van der Waals surface area (Å²) in [6.07, 6.45) is 0. The Kier molecular flexibility index (Phi) is 7.46. The maximum absolute atomic E-state index is 6.44. The molecule has 0 aliphatic carbocycles. The average Bonchev–Trinajstić information content (AvgIpc) is 3.93. The molecule has 0 bridgehead atoms. The second kappa shape index (κ2) is 13.2. The van der Waals surface area contributed by atoms with Crippen LogP contribution >= 0.6 is 0 Å². The number of furan rings is 1. The molecule has 12 aromatic rings. The summed E-state index contributed by atoms with van der Waals surface area (Å²) in [7, 11) is -1.95. The zero-order valence-electron chi connectivity index (χ0n) is 34.4. The van der Waals surface area contributed by atoms with Gasteiger partial charge < -0.3 is 13.9 Å². The molecule has 0 unspecified atom stereocenters. The van der Waals surface area contributed by atoms with E-state index in [4.69, 9.17) is 4.42 Å². The zero-order chi connectivity index (χ0) is 41.1. The molecule has 10 aromatic carbocycles. The fourth-order valence-electron chi connectivity index (χ4n) is 10.6. The van der Waals surface area contributed by atoms with E-state index in [0.29, 0.717) is 0 Å². The van der Waals surface area contributed by atoms with E-state index in [2.05, 4.69) is 217 Å². The lowest BCUT2D eigenvalue weighted by Crippen LogP contribution is -2.49. The van der Waals surface area contributed by atoms with Gasteiger partial charge in [-0.25, -0.2) is 0 Å². The molecule has 0 fully saturated rings. The number of nitrogens with zero attached hydrogens (tertiary/aromatic N) is 2. The van der Waals surface area contributed by atoms with E-state index >= 15 is 0 Å². The summed E-state index contributed by atoms with van der Waals surface area (Å²) in [5, 5.41) is 13.0. The standard InChI is InChI=1S/C58H40N2OSi/c1-62(2)57-22-11-9-20-48(57)49-28-24-41-34-54-52(36-50(41)58(49)62)51-33-40(25-30-53(51)60(54)42-16-4-3-5-17-42)39-15-12-18-43(32-39)59(44-26-23-37-13-6-7-14-38(37)31-44)45-27-29-47-46-19-8-10-21-55(46)61-56(47)35-45/h3-36H,1-2H3. The van der Waals surface area contributed by atoms with Crippen LogP contribution in [0.4, 0.5) is 17.1 Å². The highest BCUT2D eigenvalue weighted by molar-refractivity contribution is 7.05. The number of anilines is 3. The van der Waals surface area contributed by atoms with Crippen molar-refractivity contribution in [2.75, 3.05) is 4.90 Å². The summed E-state index contributed by atoms with van der Waals surface area (Å²) < 4.78 is 8.89. The number of para-hydroxylation sites is 2. The number of aromatic nitrogens is 1. The first kappa shape index (κ1) is 35.1. The van der Waals surface area contributed by atoms with Crippen LogP contribution < -0.4 is 15.3 Å². The lowest BCUT2D eigenvalue weighted by Gasteiger charge is -2.26. The van der Waals surface area contributed by atoms with Crippen molar-refractivity contribution in [3.63, 3.8) is 0 Å². The molecule has 0 N–H and O–H groups in total. The molecule has 13 rings (SSSR count). The molecule has 3 nitrogen and oxygen atoms in total. The Balaban J connectivity index is 1.01. The topological polar surface area (TPSA) is 21.3 Å². The van der Waals surface area contributed by atoms with Crippen LogP contribution in [0.2, 0.25) is 13.1 Å². The van der Waals surface area contributed by atoms with Gasteiger partial charge in [-0.3, -0.25) is 0 Å². The molecule has 0 amide bonds. The van der Waals surface area contributed by atoms with Gasteiger partial charge in [0, 0.05) is 50.4 Å². The smallest absolute Gasteiger partial charge is 0.137 e. The summed E-state index contributed by atoms with van der Waals surface area (Å²) in [5.74, 6) is 0. The Morgan fingerprint density at radius 1 is 0.403 bits per heavy atom. The van der Waals surface area contributed by atoms with Gasteiger partial charge in [0.15, 0.2) is 0 Å². The minimum absolute atomic E-state index is 0.874. The molecule has 1 aliphatic heterocycles. The van der Waals surface area contributed by atoms with Crippen LogP contribution in [0.25, 0.3) is 93.2 Å². The van der Waals surface area contributed by atoms with Crippen LogP contribution in [0, 0.1) is 0 Å². The normalized spacial score (nSPS) is 13.1. The maximum Gasteiger partial charge on any atom is 0.137 e. The summed E-state index contributed by atoms with van der Waals surface area (Å²) in [5.41, 5.74) is 13.7. The Morgan fingerprint density at radius 2 is 1.11 bits per heavy atom. The number of hydrogen-bond acceptors (Lipinski definition) is 2. The second-order valence-electron chi connectivity index (χ2n) is 17.3. The quantitative estimate of drug-likeness (QED) is 0.162. The van der Waals surface area contributed by atoms with E-state index in [9.17, 15) is 0 Å². The predicted molar refractivity (Wildman–Crippen MR) is 265 cm³/mol. The molecule has 62 heavy (non-hydrogen) atoms. The SMILES string of the molecule is C[Si]1(C)c2ccccc2-c2ccc3cc4c(cc3c21)c1cc(-c2cccc(N(c3ccc5ccccc5c3)c3ccc5c(c3)oc3ccccc35)c2)ccc1n4-c1ccccc1. The summed E-state index contributed by atoms with van der Waals surface area (Å²) in [6.45, 7) is 5.05. The molecule has 0 saturated carbocycles. The number of hydrogen-bond donors (Lipinski definition) is 0. The van der Waals surface area contributed by atoms with Crippen LogP contribution in [0.1, 0.15) is 0 Å². The highest BCUT2D eigenvalue weighted by Crippen LogP contribution is 2.43. The van der Waals surface area contributed by atoms with E-state index in [1.54, 1.807) is 5.19 Å². The predicted octanol–water partition coefficient (Wildman–Crippen LogP) is 14.9. The molecule has 4 heteroatoms. The van der Waals surface area contributed by atoms with Gasteiger partial charge in [-0.2, -0.15) is 0 Å². The largest absolute Gasteiger partial charge is 0.456 e. The average molecular weight is 809 g/mol. The minimum Gasteiger partial charge on any atom is -0.456 e. The molecule has 3 heterocycles. The highest BCUT2D eigenvalue weighted by atomic mass is 28.3. The van der Waals surface area contributed by atoms with Crippen molar-refractivity contribution in [1.82, 2.24) is 4.57 Å². The minimum atomic E-state index is -1.95. The molecule has 292 valence electrons. The van der Waals surface area contributed by atoms with Crippen LogP contribution in [-0.2, 0) is 0 Å². The molecule has 0 atom stereocenters. The Hall–Kier alpha value is -7.66. The van der Waals surface area contributed by atoms with Gasteiger partial charge in [-0.05, 0) is 133 Å². The second-order valence-corrected chi connectivity index (χ2v) is 21.6. The number of rotatable bonds is 5. The molecular weight excluding hydrogens is 769 g/mol. The van der Waals surface area contributed by atoms with Crippen molar-refractivity contribution < 1.29 is 4.42 Å². The molecular formula is C58H40N2OSi. The van der Waals surface area contributed by atoms with Crippen LogP contribution in [0.5, 0.6) is 0 Å². The van der Waals surface area contributed by atoms with Crippen LogP contribution in [0.3, 0.4) is 0 Å². The van der Waals surface area contributed by atoms with Crippen molar-refractivity contribution in [1.29, 1.82) is 0 Å². The summed E-state index contributed by atoms with van der Waals surface area (Å²) in [4.78, 5) is 2.36. The third kappa shape index (κ3) is 5.17. The van der Waals surface area contributed by atoms with Gasteiger partial charge in [-0.15, -0.1) is 0 Å². The first-order chi connectivity index (χ1) is 30.5. The van der Waals surface area contributed by atoms with Crippen LogP contribution in [0.15, 0.2) is 211 Å². The Morgan fingerprint density at radius 3 is 2.03 bits per heavy atom. The van der Waals surface area contributed by atoms with E-state index in [0.717, 1.165) is 50.3 Å². The number of benzene rings is 10. The van der Waals surface area contributed by atoms with Gasteiger partial charge in [0.2, 0.25) is 0 Å². The van der Waals surface area contributed by atoms with Gasteiger partial charge in [-0.1, -0.05) is 134 Å². The lowest BCUT2D eigenvalue weighted by atomic mass is 9.98. The zero-order valence-corrected chi connectivity index (χ0v) is 35.4. The van der Waals surface area contributed by atoms with Crippen molar-refractivity contribution in [3.8, 4) is 27.9 Å². The molecule has 0 radical (unpaired) electrons. The fraction of sp³-hybridized carbons (Fsp3) is 0.0345. The van der Waals surface area contributed by atoms with Gasteiger partial charge >= 0.3 is 0 Å². The Labute approximate surface area is 360 Å². The molecule has 2 aromatic heterocycles. The van der Waals surface area contributed by atoms with E-state index in [1.807, 2.05) is 12.1 Å². The van der Waals surface area contributed by atoms with Crippen molar-refractivity contribution >= 4 is 101 Å². The Bertz CT molecular complexity index is 3800. The monoisotopic (exact) mass is 808 g/mol. The molecule has 0 saturated heterocycles. The maximum atomic E-state index is 6.44. The van der Waals surface area contributed by atoms with Crippen molar-refractivity contribution in [2.24, 2.45) is 0 Å². The summed E-state index contributed by atoms with van der Waals surface area (Å²) in [6, 6.07) is 75.8. The van der Waals surface area contributed by atoms with Crippen LogP contribution in [-0.4, -0.2) is 12.6 Å². The molecule has 1 aliphatic rings. The highest BCUT2D eigenvalue weighted by Gasteiger charge is 2.38. The van der Waals surface area contributed by atoms with Crippen molar-refractivity contribution in [2.45, 2.75) is 13.1 Å². The first-order valence-electron chi connectivity index (χ1n) is 21.5. The van der Waals surface area contributed by atoms with Crippen molar-refractivity contribution in [3.05, 3.63) is 206 Å². The third-order valence-corrected chi connectivity index (χ3v) is 17.1. The molecule has 0 spiro atoms. The fourth-order valence-corrected chi connectivity index (χ4v) is 14.1. The van der Waals surface area contributed by atoms with E-state index in [1.165, 1.54) is 65.2 Å². The van der Waals surface area contributed by atoms with Gasteiger partial charge in [0.1, 0.15) is 19.2 Å². The first-order valence-corrected chi connectivity index (χ1v) is 24.5.